The van der Waals surface area contributed by atoms with E-state index in [0.717, 1.165) is 4.68 Å². The first-order chi connectivity index (χ1) is 14.2. The Kier molecular flexibility index (Phi) is 6.47. The first kappa shape index (κ1) is 22.2. The van der Waals surface area contributed by atoms with Gasteiger partial charge in [-0.25, -0.2) is 8.42 Å². The summed E-state index contributed by atoms with van der Waals surface area (Å²) < 4.78 is 39.3. The lowest BCUT2D eigenvalue weighted by molar-refractivity contribution is 0.396. The van der Waals surface area contributed by atoms with Gasteiger partial charge in [0.05, 0.1) is 46.7 Å². The Balaban J connectivity index is 1.94. The number of benzene rings is 2. The van der Waals surface area contributed by atoms with E-state index in [4.69, 9.17) is 44.3 Å². The lowest BCUT2D eigenvalue weighted by atomic mass is 10.3. The normalized spacial score (nSPS) is 11.2. The molecule has 0 saturated heterocycles. The third kappa shape index (κ3) is 4.34. The van der Waals surface area contributed by atoms with Gasteiger partial charge in [0, 0.05) is 6.07 Å². The molecule has 0 saturated carbocycles. The van der Waals surface area contributed by atoms with Gasteiger partial charge in [0.25, 0.3) is 15.6 Å². The minimum absolute atomic E-state index is 0.0217. The summed E-state index contributed by atoms with van der Waals surface area (Å²) in [5, 5.41) is 3.94. The van der Waals surface area contributed by atoms with Crippen molar-refractivity contribution in [3.63, 3.8) is 0 Å². The summed E-state index contributed by atoms with van der Waals surface area (Å²) >= 11 is 17.7. The van der Waals surface area contributed by atoms with Crippen LogP contribution in [0.5, 0.6) is 11.5 Å². The van der Waals surface area contributed by atoms with Crippen LogP contribution >= 0.6 is 34.8 Å². The average Bonchev–Trinajstić information content (AvgIpc) is 2.72. The zero-order chi connectivity index (χ0) is 22.1. The predicted octanol–water partition coefficient (Wildman–Crippen LogP) is 4.01. The number of halogens is 3. The van der Waals surface area contributed by atoms with E-state index in [0.29, 0.717) is 11.4 Å². The molecule has 3 rings (SSSR count). The smallest absolute Gasteiger partial charge is 0.291 e. The molecule has 0 fully saturated rings. The highest BCUT2D eigenvalue weighted by atomic mass is 35.5. The van der Waals surface area contributed by atoms with Crippen molar-refractivity contribution in [3.8, 4) is 17.2 Å². The Bertz CT molecular complexity index is 1260. The summed E-state index contributed by atoms with van der Waals surface area (Å²) in [4.78, 5) is 12.1. The Morgan fingerprint density at radius 2 is 1.60 bits per heavy atom. The van der Waals surface area contributed by atoms with E-state index in [2.05, 4.69) is 9.82 Å². The van der Waals surface area contributed by atoms with Crippen LogP contribution in [0.2, 0.25) is 15.1 Å². The van der Waals surface area contributed by atoms with E-state index in [1.165, 1.54) is 56.8 Å². The van der Waals surface area contributed by atoms with Crippen LogP contribution in [-0.2, 0) is 10.0 Å². The summed E-state index contributed by atoms with van der Waals surface area (Å²) in [5.41, 5.74) is -0.187. The zero-order valence-electron chi connectivity index (χ0n) is 15.5. The van der Waals surface area contributed by atoms with E-state index in [1.807, 2.05) is 0 Å². The fraction of sp³-hybridized carbons (Fsp3) is 0.111. The van der Waals surface area contributed by atoms with Gasteiger partial charge in [0.2, 0.25) is 0 Å². The molecule has 0 aliphatic carbocycles. The average molecular weight is 491 g/mol. The highest BCUT2D eigenvalue weighted by Crippen LogP contribution is 2.37. The van der Waals surface area contributed by atoms with Crippen molar-refractivity contribution < 1.29 is 17.9 Å². The summed E-state index contributed by atoms with van der Waals surface area (Å²) in [7, 11) is -1.17. The second-order valence-corrected chi connectivity index (χ2v) is 8.68. The van der Waals surface area contributed by atoms with Gasteiger partial charge in [-0.3, -0.25) is 9.52 Å². The van der Waals surface area contributed by atoms with Crippen molar-refractivity contribution in [3.05, 3.63) is 68.0 Å². The third-order valence-corrected chi connectivity index (χ3v) is 6.41. The first-order valence-electron chi connectivity index (χ1n) is 8.16. The third-order valence-electron chi connectivity index (χ3n) is 3.99. The summed E-state index contributed by atoms with van der Waals surface area (Å²) in [6, 6.07) is 8.28. The Morgan fingerprint density at radius 1 is 0.967 bits per heavy atom. The van der Waals surface area contributed by atoms with Gasteiger partial charge in [-0.05, 0) is 30.3 Å². The SMILES string of the molecule is COc1cc(OC)c(NS(=O)(=O)c2ccc(-n3ncc(Cl)c(Cl)c3=O)cc2)cc1Cl. The minimum atomic E-state index is -3.99. The summed E-state index contributed by atoms with van der Waals surface area (Å²) in [6.45, 7) is 0. The number of rotatable bonds is 6. The van der Waals surface area contributed by atoms with E-state index in [1.54, 1.807) is 0 Å². The maximum atomic E-state index is 12.8. The molecule has 2 aromatic carbocycles. The van der Waals surface area contributed by atoms with E-state index >= 15 is 0 Å². The molecule has 0 atom stereocenters. The van der Waals surface area contributed by atoms with Crippen LogP contribution < -0.4 is 19.8 Å². The number of nitrogens with one attached hydrogen (secondary N) is 1. The van der Waals surface area contributed by atoms with E-state index in [9.17, 15) is 13.2 Å². The molecule has 30 heavy (non-hydrogen) atoms. The van der Waals surface area contributed by atoms with Crippen molar-refractivity contribution in [1.29, 1.82) is 0 Å². The maximum Gasteiger partial charge on any atom is 0.291 e. The molecule has 3 aromatic rings. The molecule has 0 aliphatic heterocycles. The molecule has 0 spiro atoms. The lowest BCUT2D eigenvalue weighted by Gasteiger charge is -2.14. The Hall–Kier alpha value is -2.46. The minimum Gasteiger partial charge on any atom is -0.495 e. The molecule has 158 valence electrons. The van der Waals surface area contributed by atoms with Crippen LogP contribution in [0, 0.1) is 0 Å². The quantitative estimate of drug-likeness (QED) is 0.560. The summed E-state index contributed by atoms with van der Waals surface area (Å²) in [5.74, 6) is 0.559. The van der Waals surface area contributed by atoms with Crippen LogP contribution in [0.1, 0.15) is 0 Å². The number of hydrogen-bond acceptors (Lipinski definition) is 6. The molecule has 0 unspecified atom stereocenters. The Labute approximate surface area is 187 Å². The molecule has 0 radical (unpaired) electrons. The fourth-order valence-electron chi connectivity index (χ4n) is 2.51. The van der Waals surface area contributed by atoms with Crippen molar-refractivity contribution in [2.45, 2.75) is 4.90 Å². The number of aromatic nitrogens is 2. The van der Waals surface area contributed by atoms with Gasteiger partial charge >= 0.3 is 0 Å². The van der Waals surface area contributed by atoms with Gasteiger partial charge in [-0.1, -0.05) is 34.8 Å². The molecule has 0 aliphatic rings. The van der Waals surface area contributed by atoms with Crippen molar-refractivity contribution in [2.24, 2.45) is 0 Å². The molecule has 12 heteroatoms. The van der Waals surface area contributed by atoms with Crippen molar-refractivity contribution in [2.75, 3.05) is 18.9 Å². The van der Waals surface area contributed by atoms with Gasteiger partial charge < -0.3 is 9.47 Å². The highest BCUT2D eigenvalue weighted by Gasteiger charge is 2.19. The molecular weight excluding hydrogens is 477 g/mol. The molecule has 8 nitrogen and oxygen atoms in total. The number of ether oxygens (including phenoxy) is 2. The van der Waals surface area contributed by atoms with Crippen LogP contribution in [0.25, 0.3) is 5.69 Å². The second-order valence-electron chi connectivity index (χ2n) is 5.81. The molecule has 1 N–H and O–H groups in total. The highest BCUT2D eigenvalue weighted by molar-refractivity contribution is 7.92. The van der Waals surface area contributed by atoms with Gasteiger partial charge in [-0.15, -0.1) is 0 Å². The number of anilines is 1. The molecule has 1 heterocycles. The largest absolute Gasteiger partial charge is 0.495 e. The number of methoxy groups -OCH3 is 2. The predicted molar refractivity (Wildman–Crippen MR) is 115 cm³/mol. The van der Waals surface area contributed by atoms with Crippen LogP contribution in [0.3, 0.4) is 0 Å². The van der Waals surface area contributed by atoms with Crippen LogP contribution in [0.15, 0.2) is 52.3 Å². The second kappa shape index (κ2) is 8.73. The van der Waals surface area contributed by atoms with Gasteiger partial charge in [0.15, 0.2) is 0 Å². The first-order valence-corrected chi connectivity index (χ1v) is 10.8. The molecular formula is C18H14Cl3N3O5S. The molecule has 1 aromatic heterocycles. The van der Waals surface area contributed by atoms with Gasteiger partial charge in [0.1, 0.15) is 16.5 Å². The van der Waals surface area contributed by atoms with Gasteiger partial charge in [-0.2, -0.15) is 9.78 Å². The Morgan fingerprint density at radius 3 is 2.20 bits per heavy atom. The maximum absolute atomic E-state index is 12.8. The fourth-order valence-corrected chi connectivity index (χ4v) is 4.06. The topological polar surface area (TPSA) is 99.5 Å². The summed E-state index contributed by atoms with van der Waals surface area (Å²) in [6.07, 6.45) is 1.22. The number of nitrogens with zero attached hydrogens (tertiary/aromatic N) is 2. The molecule has 0 bridgehead atoms. The van der Waals surface area contributed by atoms with E-state index in [-0.39, 0.29) is 31.4 Å². The number of sulfonamides is 1. The van der Waals surface area contributed by atoms with Crippen molar-refractivity contribution >= 4 is 50.5 Å². The molecule has 0 amide bonds. The van der Waals surface area contributed by atoms with Crippen LogP contribution in [-0.4, -0.2) is 32.4 Å². The standard InChI is InChI=1S/C18H14Cl3N3O5S/c1-28-15-8-16(29-2)14(7-12(15)19)23-30(26,27)11-5-3-10(4-6-11)24-18(25)17(21)13(20)9-22-24/h3-9,23H,1-2H3. The van der Waals surface area contributed by atoms with E-state index < -0.39 is 15.6 Å². The lowest BCUT2D eigenvalue weighted by Crippen LogP contribution is -2.21. The monoisotopic (exact) mass is 489 g/mol. The zero-order valence-corrected chi connectivity index (χ0v) is 18.6. The van der Waals surface area contributed by atoms with Crippen molar-refractivity contribution in [1.82, 2.24) is 9.78 Å². The number of hydrogen-bond donors (Lipinski definition) is 1. The van der Waals surface area contributed by atoms with Crippen LogP contribution in [0.4, 0.5) is 5.69 Å².